The topological polar surface area (TPSA) is 75.7 Å². The summed E-state index contributed by atoms with van der Waals surface area (Å²) in [6.45, 7) is 27.8. The van der Waals surface area contributed by atoms with Gasteiger partial charge in [-0.2, -0.15) is 0 Å². The highest BCUT2D eigenvalue weighted by Crippen LogP contribution is 2.76. The minimum absolute atomic E-state index is 0.0836. The summed E-state index contributed by atoms with van der Waals surface area (Å²) in [7, 11) is -2.86. The molecule has 0 aromatic rings. The average molecular weight is 735 g/mol. The van der Waals surface area contributed by atoms with Gasteiger partial charge in [0, 0.05) is 37.3 Å². The molecular weight excluding hydrogens is 665 g/mol. The number of rotatable bonds is 8. The van der Waals surface area contributed by atoms with E-state index in [4.69, 9.17) is 4.74 Å². The lowest BCUT2D eigenvalue weighted by Crippen LogP contribution is -2.68. The fourth-order valence-electron chi connectivity index (χ4n) is 14.6. The van der Waals surface area contributed by atoms with Gasteiger partial charge in [0.05, 0.1) is 18.1 Å². The van der Waals surface area contributed by atoms with E-state index in [9.17, 15) is 13.2 Å². The molecule has 4 saturated carbocycles. The summed E-state index contributed by atoms with van der Waals surface area (Å²) in [5.41, 5.74) is 7.40. The van der Waals surface area contributed by atoms with E-state index in [1.165, 1.54) is 68.1 Å². The summed E-state index contributed by atoms with van der Waals surface area (Å²) >= 11 is 0. The van der Waals surface area contributed by atoms with E-state index in [-0.39, 0.29) is 22.3 Å². The van der Waals surface area contributed by atoms with E-state index in [1.54, 1.807) is 0 Å². The van der Waals surface area contributed by atoms with Crippen molar-refractivity contribution in [1.29, 1.82) is 0 Å². The molecule has 9 atom stereocenters. The van der Waals surface area contributed by atoms with Crippen LogP contribution in [0, 0.1) is 51.2 Å². The van der Waals surface area contributed by atoms with Crippen molar-refractivity contribution in [3.63, 3.8) is 0 Å². The fraction of sp³-hybridized carbons (Fsp3) is 0.800. The van der Waals surface area contributed by atoms with Crippen LogP contribution in [0.15, 0.2) is 46.6 Å². The van der Waals surface area contributed by atoms with Crippen LogP contribution < -0.4 is 5.32 Å². The molecule has 0 spiro atoms. The smallest absolute Gasteiger partial charge is 0.334 e. The second kappa shape index (κ2) is 13.5. The normalized spacial score (nSPS) is 42.6. The first-order valence-electron chi connectivity index (χ1n) is 21.0. The van der Waals surface area contributed by atoms with Crippen molar-refractivity contribution in [1.82, 2.24) is 10.2 Å². The van der Waals surface area contributed by atoms with Crippen LogP contribution in [-0.4, -0.2) is 69.1 Å². The van der Waals surface area contributed by atoms with E-state index in [0.29, 0.717) is 71.6 Å². The highest BCUT2D eigenvalue weighted by molar-refractivity contribution is 7.91. The summed E-state index contributed by atoms with van der Waals surface area (Å²) in [6.07, 6.45) is 18.1. The Morgan fingerprint density at radius 1 is 0.962 bits per heavy atom. The minimum atomic E-state index is -2.86. The standard InChI is InChI=1S/C45H70N2O4S/c1-10-51-40(48)34-12-11-32(29-31(34)4)35-16-18-42(7)37(41(35,5)6)17-19-44(9)38(42)14-13-36-39-33(30(2)3)15-20-45(39,22-21-43(36,44)8)46-23-24-47-25-27-52(49,50)28-26-47/h16,29,33,36-39,46H,2,10-15,17-28H2,1,3-9H3. The van der Waals surface area contributed by atoms with Gasteiger partial charge in [-0.05, 0) is 159 Å². The van der Waals surface area contributed by atoms with Crippen molar-refractivity contribution in [2.75, 3.05) is 44.3 Å². The summed E-state index contributed by atoms with van der Waals surface area (Å²) in [4.78, 5) is 15.0. The first-order valence-corrected chi connectivity index (χ1v) is 22.9. The average Bonchev–Trinajstić information content (AvgIpc) is 3.46. The zero-order chi connectivity index (χ0) is 37.5. The van der Waals surface area contributed by atoms with Crippen molar-refractivity contribution >= 4 is 15.8 Å². The Balaban J connectivity index is 1.14. The van der Waals surface area contributed by atoms with Crippen LogP contribution in [0.25, 0.3) is 0 Å². The van der Waals surface area contributed by atoms with Gasteiger partial charge in [-0.25, -0.2) is 13.2 Å². The predicted octanol–water partition coefficient (Wildman–Crippen LogP) is 8.85. The van der Waals surface area contributed by atoms with Gasteiger partial charge >= 0.3 is 5.97 Å². The number of fused-ring (bicyclic) bond motifs is 7. The molecule has 0 bridgehead atoms. The minimum Gasteiger partial charge on any atom is -0.463 e. The SMILES string of the molecule is C=C(C)C1CCC2(NCCN3CCS(=O)(=O)CC3)CCC3(C)C(CCC4C5(C)CC=C(C6=CC(C)=C(C(=O)OCC)CC6)C(C)(C)C5CCC43C)C12. The zero-order valence-electron chi connectivity index (χ0n) is 34.0. The third-order valence-electron chi connectivity index (χ3n) is 17.4. The molecule has 0 amide bonds. The van der Waals surface area contributed by atoms with E-state index < -0.39 is 9.84 Å². The van der Waals surface area contributed by atoms with Crippen LogP contribution in [0.1, 0.15) is 126 Å². The Morgan fingerprint density at radius 3 is 2.37 bits per heavy atom. The van der Waals surface area contributed by atoms with Crippen LogP contribution in [0.4, 0.5) is 0 Å². The Bertz CT molecular complexity index is 1660. The van der Waals surface area contributed by atoms with Crippen LogP contribution >= 0.6 is 0 Å². The predicted molar refractivity (Wildman–Crippen MR) is 212 cm³/mol. The van der Waals surface area contributed by atoms with Gasteiger partial charge in [0.25, 0.3) is 0 Å². The number of nitrogens with one attached hydrogen (secondary N) is 1. The maximum atomic E-state index is 12.6. The largest absolute Gasteiger partial charge is 0.463 e. The van der Waals surface area contributed by atoms with Crippen molar-refractivity contribution in [2.24, 2.45) is 51.2 Å². The number of ether oxygens (including phenoxy) is 1. The summed E-state index contributed by atoms with van der Waals surface area (Å²) in [6, 6.07) is 0. The Labute approximate surface area is 316 Å². The maximum Gasteiger partial charge on any atom is 0.334 e. The number of nitrogens with zero attached hydrogens (tertiary/aromatic N) is 1. The highest BCUT2D eigenvalue weighted by atomic mass is 32.2. The van der Waals surface area contributed by atoms with Crippen LogP contribution in [0.5, 0.6) is 0 Å². The summed E-state index contributed by atoms with van der Waals surface area (Å²) in [5, 5.41) is 4.23. The molecule has 1 heterocycles. The molecule has 6 nitrogen and oxygen atoms in total. The van der Waals surface area contributed by atoms with Gasteiger partial charge in [0.2, 0.25) is 0 Å². The van der Waals surface area contributed by atoms with Gasteiger partial charge in [-0.1, -0.05) is 58.9 Å². The first-order chi connectivity index (χ1) is 24.4. The van der Waals surface area contributed by atoms with Gasteiger partial charge in [0.1, 0.15) is 0 Å². The van der Waals surface area contributed by atoms with Crippen LogP contribution in [0.2, 0.25) is 0 Å². The molecular formula is C45H70N2O4S. The fourth-order valence-corrected chi connectivity index (χ4v) is 15.9. The number of carbonyl (C=O) groups excluding carboxylic acids is 1. The second-order valence-electron chi connectivity index (χ2n) is 19.9. The lowest BCUT2D eigenvalue weighted by molar-refractivity contribution is -0.221. The van der Waals surface area contributed by atoms with Crippen molar-refractivity contribution in [2.45, 2.75) is 132 Å². The molecule has 1 saturated heterocycles. The van der Waals surface area contributed by atoms with Gasteiger partial charge < -0.3 is 15.0 Å². The van der Waals surface area contributed by atoms with E-state index in [1.807, 2.05) is 6.92 Å². The molecule has 7 heteroatoms. The summed E-state index contributed by atoms with van der Waals surface area (Å²) in [5.74, 6) is 3.70. The van der Waals surface area contributed by atoms with Crippen molar-refractivity contribution in [3.8, 4) is 0 Å². The Morgan fingerprint density at radius 2 is 1.69 bits per heavy atom. The summed E-state index contributed by atoms with van der Waals surface area (Å²) < 4.78 is 29.5. The Hall–Kier alpha value is -1.70. The van der Waals surface area contributed by atoms with Crippen LogP contribution in [-0.2, 0) is 19.4 Å². The molecule has 7 aliphatic rings. The number of hydrogen-bond acceptors (Lipinski definition) is 6. The third-order valence-corrected chi connectivity index (χ3v) is 19.0. The lowest BCUT2D eigenvalue weighted by Gasteiger charge is -2.72. The first kappa shape index (κ1) is 38.6. The molecule has 7 rings (SSSR count). The van der Waals surface area contributed by atoms with Crippen molar-refractivity contribution in [3.05, 3.63) is 46.6 Å². The molecule has 1 N–H and O–H groups in total. The molecule has 0 radical (unpaired) electrons. The number of esters is 1. The quantitative estimate of drug-likeness (QED) is 0.199. The van der Waals surface area contributed by atoms with E-state index >= 15 is 0 Å². The van der Waals surface area contributed by atoms with Gasteiger partial charge in [-0.3, -0.25) is 0 Å². The molecule has 1 aliphatic heterocycles. The molecule has 6 aliphatic carbocycles. The second-order valence-corrected chi connectivity index (χ2v) is 22.2. The van der Waals surface area contributed by atoms with Gasteiger partial charge in [-0.15, -0.1) is 0 Å². The monoisotopic (exact) mass is 735 g/mol. The molecule has 290 valence electrons. The Kier molecular flexibility index (Phi) is 10.0. The van der Waals surface area contributed by atoms with Crippen molar-refractivity contribution < 1.29 is 17.9 Å². The molecule has 0 aromatic carbocycles. The lowest BCUT2D eigenvalue weighted by atomic mass is 9.33. The molecule has 0 aromatic heterocycles. The van der Waals surface area contributed by atoms with Crippen LogP contribution in [0.3, 0.4) is 0 Å². The highest BCUT2D eigenvalue weighted by Gasteiger charge is 2.70. The van der Waals surface area contributed by atoms with Gasteiger partial charge in [0.15, 0.2) is 9.84 Å². The zero-order valence-corrected chi connectivity index (χ0v) is 34.8. The number of allylic oxidation sites excluding steroid dienone is 6. The number of hydrogen-bond donors (Lipinski definition) is 1. The third kappa shape index (κ3) is 5.99. The molecule has 9 unspecified atom stereocenters. The van der Waals surface area contributed by atoms with E-state index in [2.05, 4.69) is 77.4 Å². The van der Waals surface area contributed by atoms with E-state index in [0.717, 1.165) is 43.5 Å². The number of carbonyl (C=O) groups is 1. The number of sulfone groups is 1. The maximum absolute atomic E-state index is 12.6. The molecule has 52 heavy (non-hydrogen) atoms. The molecule has 5 fully saturated rings.